The maximum atomic E-state index is 12.5. The van der Waals surface area contributed by atoms with Crippen molar-refractivity contribution in [1.82, 2.24) is 0 Å². The highest BCUT2D eigenvalue weighted by atomic mass is 16.1. The lowest BCUT2D eigenvalue weighted by molar-refractivity contribution is -0.131. The van der Waals surface area contributed by atoms with Gasteiger partial charge in [-0.05, 0) is 68.1 Å². The van der Waals surface area contributed by atoms with Gasteiger partial charge in [0.2, 0.25) is 0 Å². The van der Waals surface area contributed by atoms with E-state index < -0.39 is 0 Å². The van der Waals surface area contributed by atoms with Crippen LogP contribution in [0.2, 0.25) is 0 Å². The molecule has 2 aliphatic carbocycles. The average molecular weight is 349 g/mol. The first-order valence-corrected chi connectivity index (χ1v) is 11.0. The highest BCUT2D eigenvalue weighted by Crippen LogP contribution is 2.61. The molecule has 0 aromatic rings. The molecule has 2 fully saturated rings. The Bertz CT molecular complexity index is 435. The number of hydrogen-bond acceptors (Lipinski definition) is 1. The number of Topliss-reactive ketones (excluding diaryl/α,β-unsaturated/α-hetero) is 1. The molecule has 4 atom stereocenters. The van der Waals surface area contributed by atoms with E-state index >= 15 is 0 Å². The van der Waals surface area contributed by atoms with Crippen LogP contribution in [0.15, 0.2) is 12.2 Å². The Balaban J connectivity index is 0.00000151. The van der Waals surface area contributed by atoms with Crippen LogP contribution < -0.4 is 0 Å². The second kappa shape index (κ2) is 9.93. The van der Waals surface area contributed by atoms with Crippen LogP contribution in [0, 0.1) is 28.6 Å². The Kier molecular flexibility index (Phi) is 8.92. The van der Waals surface area contributed by atoms with E-state index in [1.165, 1.54) is 38.5 Å². The summed E-state index contributed by atoms with van der Waals surface area (Å²) in [5, 5.41) is 0. The van der Waals surface area contributed by atoms with Crippen LogP contribution in [0.5, 0.6) is 0 Å². The van der Waals surface area contributed by atoms with Gasteiger partial charge in [0.25, 0.3) is 0 Å². The Morgan fingerprint density at radius 3 is 2.56 bits per heavy atom. The van der Waals surface area contributed by atoms with Gasteiger partial charge in [-0.1, -0.05) is 66.5 Å². The number of hydrogen-bond donors (Lipinski definition) is 0. The predicted octanol–water partition coefficient (Wildman–Crippen LogP) is 7.60. The van der Waals surface area contributed by atoms with Gasteiger partial charge in [0.15, 0.2) is 0 Å². The molecule has 0 radical (unpaired) electrons. The van der Waals surface area contributed by atoms with E-state index in [0.29, 0.717) is 23.0 Å². The highest BCUT2D eigenvalue weighted by molar-refractivity contribution is 5.83. The van der Waals surface area contributed by atoms with Crippen molar-refractivity contribution in [2.75, 3.05) is 0 Å². The van der Waals surface area contributed by atoms with Gasteiger partial charge in [-0.15, -0.1) is 0 Å². The van der Waals surface area contributed by atoms with E-state index in [-0.39, 0.29) is 5.41 Å². The van der Waals surface area contributed by atoms with Crippen LogP contribution in [0.4, 0.5) is 0 Å². The van der Waals surface area contributed by atoms with Crippen molar-refractivity contribution >= 4 is 5.78 Å². The Morgan fingerprint density at radius 2 is 1.96 bits per heavy atom. The average Bonchev–Trinajstić information content (AvgIpc) is 2.94. The first kappa shape index (κ1) is 22.5. The van der Waals surface area contributed by atoms with E-state index in [4.69, 9.17) is 0 Å². The molecule has 0 amide bonds. The van der Waals surface area contributed by atoms with Crippen LogP contribution in [0.25, 0.3) is 0 Å². The Morgan fingerprint density at radius 1 is 1.28 bits per heavy atom. The molecule has 1 nitrogen and oxygen atoms in total. The summed E-state index contributed by atoms with van der Waals surface area (Å²) in [6, 6.07) is 0. The largest absolute Gasteiger partial charge is 0.299 e. The first-order chi connectivity index (χ1) is 11.8. The van der Waals surface area contributed by atoms with Crippen LogP contribution in [0.1, 0.15) is 106 Å². The van der Waals surface area contributed by atoms with Gasteiger partial charge >= 0.3 is 0 Å². The molecule has 0 bridgehead atoms. The monoisotopic (exact) mass is 348 g/mol. The summed E-state index contributed by atoms with van der Waals surface area (Å²) < 4.78 is 0. The van der Waals surface area contributed by atoms with Crippen molar-refractivity contribution in [3.8, 4) is 0 Å². The molecule has 0 aliphatic heterocycles. The lowest BCUT2D eigenvalue weighted by Crippen LogP contribution is -2.43. The topological polar surface area (TPSA) is 17.1 Å². The smallest absolute Gasteiger partial charge is 0.136 e. The number of ketones is 1. The van der Waals surface area contributed by atoms with Crippen LogP contribution in [0.3, 0.4) is 0 Å². The standard InChI is InChI=1S/C22H38O.C2H6/c1-6-7-14-21(4,15-8-10-17(2)3)20-13-12-18-19(23)11-9-16-22(18,20)5;1-2/h6-7,17-18,20H,8-16H2,1-5H3;1-2H3/b7-6-;/t18?,20-,21+,22+;/m1./s1. The van der Waals surface area contributed by atoms with Crippen molar-refractivity contribution in [3.63, 3.8) is 0 Å². The molecule has 0 spiro atoms. The molecule has 2 saturated carbocycles. The van der Waals surface area contributed by atoms with Crippen molar-refractivity contribution < 1.29 is 4.79 Å². The minimum absolute atomic E-state index is 0.267. The van der Waals surface area contributed by atoms with Gasteiger partial charge in [0.05, 0.1) is 0 Å². The van der Waals surface area contributed by atoms with Crippen LogP contribution >= 0.6 is 0 Å². The van der Waals surface area contributed by atoms with Crippen molar-refractivity contribution in [1.29, 1.82) is 0 Å². The third-order valence-electron chi connectivity index (χ3n) is 7.05. The van der Waals surface area contributed by atoms with E-state index in [9.17, 15) is 4.79 Å². The van der Waals surface area contributed by atoms with Crippen LogP contribution in [-0.4, -0.2) is 5.78 Å². The van der Waals surface area contributed by atoms with E-state index in [1.807, 2.05) is 13.8 Å². The zero-order valence-electron chi connectivity index (χ0n) is 18.2. The van der Waals surface area contributed by atoms with Gasteiger partial charge in [-0.3, -0.25) is 4.79 Å². The minimum atomic E-state index is 0.267. The van der Waals surface area contributed by atoms with Gasteiger partial charge in [-0.2, -0.15) is 0 Å². The summed E-state index contributed by atoms with van der Waals surface area (Å²) in [5.41, 5.74) is 0.631. The number of rotatable bonds is 7. The lowest BCUT2D eigenvalue weighted by atomic mass is 9.56. The summed E-state index contributed by atoms with van der Waals surface area (Å²) in [6.45, 7) is 15.8. The van der Waals surface area contributed by atoms with Gasteiger partial charge in [0.1, 0.15) is 5.78 Å². The molecular weight excluding hydrogens is 304 g/mol. The molecule has 0 saturated heterocycles. The van der Waals surface area contributed by atoms with Gasteiger partial charge < -0.3 is 0 Å². The second-order valence-corrected chi connectivity index (χ2v) is 9.22. The molecule has 1 unspecified atom stereocenters. The quantitative estimate of drug-likeness (QED) is 0.433. The minimum Gasteiger partial charge on any atom is -0.299 e. The van der Waals surface area contributed by atoms with Crippen molar-refractivity contribution in [2.24, 2.45) is 28.6 Å². The molecule has 0 aromatic heterocycles. The number of fused-ring (bicyclic) bond motifs is 1. The van der Waals surface area contributed by atoms with E-state index in [0.717, 1.165) is 25.2 Å². The van der Waals surface area contributed by atoms with Crippen molar-refractivity contribution in [3.05, 3.63) is 12.2 Å². The Hall–Kier alpha value is -0.590. The fraction of sp³-hybridized carbons (Fsp3) is 0.875. The molecule has 2 rings (SSSR count). The normalized spacial score (nSPS) is 31.6. The van der Waals surface area contributed by atoms with Gasteiger partial charge in [-0.25, -0.2) is 0 Å². The van der Waals surface area contributed by atoms with Crippen LogP contribution in [-0.2, 0) is 4.79 Å². The second-order valence-electron chi connectivity index (χ2n) is 9.22. The summed E-state index contributed by atoms with van der Waals surface area (Å²) in [4.78, 5) is 12.5. The molecule has 2 aliphatic rings. The molecule has 25 heavy (non-hydrogen) atoms. The van der Waals surface area contributed by atoms with Gasteiger partial charge in [0, 0.05) is 12.3 Å². The summed E-state index contributed by atoms with van der Waals surface area (Å²) in [6.07, 6.45) is 15.4. The Labute approximate surface area is 158 Å². The number of carbonyl (C=O) groups is 1. The molecule has 0 aromatic carbocycles. The zero-order chi connectivity index (χ0) is 19.1. The zero-order valence-corrected chi connectivity index (χ0v) is 18.2. The molecule has 146 valence electrons. The molecule has 0 heterocycles. The fourth-order valence-electron chi connectivity index (χ4n) is 5.79. The summed E-state index contributed by atoms with van der Waals surface area (Å²) >= 11 is 0. The number of allylic oxidation sites excluding steroid dienone is 2. The van der Waals surface area contributed by atoms with E-state index in [2.05, 4.69) is 46.8 Å². The maximum Gasteiger partial charge on any atom is 0.136 e. The van der Waals surface area contributed by atoms with E-state index in [1.54, 1.807) is 0 Å². The first-order valence-electron chi connectivity index (χ1n) is 11.0. The summed E-state index contributed by atoms with van der Waals surface area (Å²) in [5.74, 6) is 2.44. The SMILES string of the molecule is C/C=C\C[C@@](C)(CCCC(C)C)[C@H]1CCC2C(=O)CCC[C@@]21C.CC. The summed E-state index contributed by atoms with van der Waals surface area (Å²) in [7, 11) is 0. The number of carbonyl (C=O) groups excluding carboxylic acids is 1. The molecule has 0 N–H and O–H groups in total. The predicted molar refractivity (Wildman–Crippen MR) is 111 cm³/mol. The third kappa shape index (κ3) is 5.20. The maximum absolute atomic E-state index is 12.5. The molecular formula is C24H44O. The molecule has 1 heteroatoms. The lowest BCUT2D eigenvalue weighted by Gasteiger charge is -2.48. The fourth-order valence-corrected chi connectivity index (χ4v) is 5.79. The third-order valence-corrected chi connectivity index (χ3v) is 7.05. The highest BCUT2D eigenvalue weighted by Gasteiger charge is 2.55. The van der Waals surface area contributed by atoms with Crippen molar-refractivity contribution in [2.45, 2.75) is 106 Å².